The van der Waals surface area contributed by atoms with E-state index in [0.29, 0.717) is 23.7 Å². The quantitative estimate of drug-likeness (QED) is 0.481. The first-order valence-electron chi connectivity index (χ1n) is 4.85. The van der Waals surface area contributed by atoms with E-state index < -0.39 is 0 Å². The van der Waals surface area contributed by atoms with Crippen LogP contribution >= 0.6 is 0 Å². The molecule has 0 spiro atoms. The van der Waals surface area contributed by atoms with Crippen LogP contribution in [0.15, 0.2) is 12.2 Å². The fourth-order valence-corrected chi connectivity index (χ4v) is 2.89. The number of hydrogen-bond donors (Lipinski definition) is 0. The Morgan fingerprint density at radius 1 is 1.54 bits per heavy atom. The smallest absolute Gasteiger partial charge is 0.293 e. The zero-order valence-corrected chi connectivity index (χ0v) is 8.25. The lowest BCUT2D eigenvalue weighted by molar-refractivity contribution is -0.141. The summed E-state index contributed by atoms with van der Waals surface area (Å²) in [6, 6.07) is 0. The van der Waals surface area contributed by atoms with E-state index in [0.717, 1.165) is 12.0 Å². The monoisotopic (exact) mass is 180 g/mol. The van der Waals surface area contributed by atoms with Gasteiger partial charge in [0.1, 0.15) is 6.10 Å². The summed E-state index contributed by atoms with van der Waals surface area (Å²) in [5.41, 5.74) is 1.51. The molecule has 2 bridgehead atoms. The summed E-state index contributed by atoms with van der Waals surface area (Å²) in [5, 5.41) is 0. The van der Waals surface area contributed by atoms with Crippen LogP contribution in [0.1, 0.15) is 26.7 Å². The van der Waals surface area contributed by atoms with E-state index in [-0.39, 0.29) is 6.10 Å². The van der Waals surface area contributed by atoms with E-state index in [1.165, 1.54) is 6.42 Å². The van der Waals surface area contributed by atoms with Crippen LogP contribution in [0, 0.1) is 17.3 Å². The highest BCUT2D eigenvalue weighted by Gasteiger charge is 2.55. The van der Waals surface area contributed by atoms with Crippen LogP contribution in [-0.2, 0) is 9.53 Å². The molecule has 0 amide bonds. The summed E-state index contributed by atoms with van der Waals surface area (Å²) in [6.45, 7) is 9.17. The third kappa shape index (κ3) is 1.04. The lowest BCUT2D eigenvalue weighted by Gasteiger charge is -2.59. The highest BCUT2D eigenvalue weighted by atomic mass is 16.5. The molecule has 0 radical (unpaired) electrons. The Morgan fingerprint density at radius 3 is 2.69 bits per heavy atom. The number of fused-ring (bicyclic) bond motifs is 2. The first kappa shape index (κ1) is 8.79. The Labute approximate surface area is 79.0 Å². The van der Waals surface area contributed by atoms with E-state index in [1.807, 2.05) is 0 Å². The molecule has 0 aromatic heterocycles. The standard InChI is InChI=1S/C11H16O2/c1-7-9-4-8(11(9,2)3)5-10(7)13-6-12/h6,8-10H,1,4-5H2,2-3H3/t8-,9+,10+/m0/s1. The highest BCUT2D eigenvalue weighted by Crippen LogP contribution is 2.61. The third-order valence-electron chi connectivity index (χ3n) is 4.05. The maximum atomic E-state index is 10.2. The van der Waals surface area contributed by atoms with Crippen molar-refractivity contribution >= 4 is 6.47 Å². The van der Waals surface area contributed by atoms with Crippen molar-refractivity contribution in [2.45, 2.75) is 32.8 Å². The van der Waals surface area contributed by atoms with Gasteiger partial charge in [-0.3, -0.25) is 4.79 Å². The molecule has 0 aromatic rings. The highest BCUT2D eigenvalue weighted by molar-refractivity contribution is 5.40. The van der Waals surface area contributed by atoms with Gasteiger partial charge in [-0.05, 0) is 35.7 Å². The summed E-state index contributed by atoms with van der Waals surface area (Å²) in [5.74, 6) is 1.28. The maximum absolute atomic E-state index is 10.2. The molecule has 3 atom stereocenters. The molecule has 0 heterocycles. The van der Waals surface area contributed by atoms with Crippen LogP contribution in [0.5, 0.6) is 0 Å². The third-order valence-corrected chi connectivity index (χ3v) is 4.05. The molecule has 72 valence electrons. The molecule has 0 saturated heterocycles. The summed E-state index contributed by atoms with van der Waals surface area (Å²) < 4.78 is 5.01. The number of rotatable bonds is 2. The fourth-order valence-electron chi connectivity index (χ4n) is 2.89. The first-order valence-corrected chi connectivity index (χ1v) is 4.85. The second kappa shape index (κ2) is 2.60. The second-order valence-corrected chi connectivity index (χ2v) is 4.84. The minimum absolute atomic E-state index is 0.00530. The number of hydrogen-bond acceptors (Lipinski definition) is 2. The number of carbonyl (C=O) groups is 1. The molecule has 0 aromatic carbocycles. The largest absolute Gasteiger partial charge is 0.460 e. The van der Waals surface area contributed by atoms with Crippen molar-refractivity contribution < 1.29 is 9.53 Å². The summed E-state index contributed by atoms with van der Waals surface area (Å²) in [7, 11) is 0. The molecule has 0 N–H and O–H groups in total. The van der Waals surface area contributed by atoms with Crippen LogP contribution in [0.25, 0.3) is 0 Å². The van der Waals surface area contributed by atoms with Gasteiger partial charge in [-0.1, -0.05) is 20.4 Å². The van der Waals surface area contributed by atoms with Crippen LogP contribution in [-0.4, -0.2) is 12.6 Å². The van der Waals surface area contributed by atoms with Crippen LogP contribution < -0.4 is 0 Å². The average Bonchev–Trinajstić information content (AvgIpc) is 2.08. The van der Waals surface area contributed by atoms with Crippen molar-refractivity contribution in [3.05, 3.63) is 12.2 Å². The molecular weight excluding hydrogens is 164 g/mol. The Morgan fingerprint density at radius 2 is 2.23 bits per heavy atom. The topological polar surface area (TPSA) is 26.3 Å². The molecule has 2 nitrogen and oxygen atoms in total. The summed E-state index contributed by atoms with van der Waals surface area (Å²) in [4.78, 5) is 10.2. The zero-order chi connectivity index (χ0) is 9.64. The molecule has 3 aliphatic rings. The fraction of sp³-hybridized carbons (Fsp3) is 0.727. The van der Waals surface area contributed by atoms with E-state index in [1.54, 1.807) is 0 Å². The van der Waals surface area contributed by atoms with Gasteiger partial charge in [-0.15, -0.1) is 0 Å². The Balaban J connectivity index is 2.12. The SMILES string of the molecule is C=C1[C@H]2C[C@@H](C[C@H]1OC=O)C2(C)C. The van der Waals surface area contributed by atoms with Crippen molar-refractivity contribution in [3.8, 4) is 0 Å². The molecule has 0 unspecified atom stereocenters. The van der Waals surface area contributed by atoms with Crippen molar-refractivity contribution in [1.82, 2.24) is 0 Å². The molecule has 3 aliphatic carbocycles. The van der Waals surface area contributed by atoms with Gasteiger partial charge in [0.05, 0.1) is 0 Å². The van der Waals surface area contributed by atoms with E-state index >= 15 is 0 Å². The Bertz CT molecular complexity index is 255. The van der Waals surface area contributed by atoms with Gasteiger partial charge in [0.25, 0.3) is 6.47 Å². The van der Waals surface area contributed by atoms with Gasteiger partial charge >= 0.3 is 0 Å². The normalized spacial score (nSPS) is 40.8. The Kier molecular flexibility index (Phi) is 1.76. The van der Waals surface area contributed by atoms with Gasteiger partial charge in [0.2, 0.25) is 0 Å². The average molecular weight is 180 g/mol. The lowest BCUT2D eigenvalue weighted by atomic mass is 9.47. The van der Waals surface area contributed by atoms with E-state index in [4.69, 9.17) is 4.74 Å². The minimum Gasteiger partial charge on any atom is -0.460 e. The van der Waals surface area contributed by atoms with Gasteiger partial charge < -0.3 is 4.74 Å². The lowest BCUT2D eigenvalue weighted by Crippen LogP contribution is -2.53. The number of carbonyl (C=O) groups excluding carboxylic acids is 1. The van der Waals surface area contributed by atoms with E-state index in [9.17, 15) is 4.79 Å². The molecule has 3 rings (SSSR count). The van der Waals surface area contributed by atoms with Gasteiger partial charge in [0.15, 0.2) is 0 Å². The molecule has 3 fully saturated rings. The second-order valence-electron chi connectivity index (χ2n) is 4.84. The van der Waals surface area contributed by atoms with Crippen molar-refractivity contribution in [2.75, 3.05) is 0 Å². The molecule has 0 aliphatic heterocycles. The van der Waals surface area contributed by atoms with E-state index in [2.05, 4.69) is 20.4 Å². The van der Waals surface area contributed by atoms with Gasteiger partial charge in [0, 0.05) is 0 Å². The molecule has 2 heteroatoms. The van der Waals surface area contributed by atoms with Crippen molar-refractivity contribution in [3.63, 3.8) is 0 Å². The Hall–Kier alpha value is -0.790. The predicted molar refractivity (Wildman–Crippen MR) is 50.1 cm³/mol. The summed E-state index contributed by atoms with van der Waals surface area (Å²) in [6.07, 6.45) is 2.21. The predicted octanol–water partition coefficient (Wildman–Crippen LogP) is 2.15. The van der Waals surface area contributed by atoms with Crippen LogP contribution in [0.3, 0.4) is 0 Å². The molecule has 13 heavy (non-hydrogen) atoms. The van der Waals surface area contributed by atoms with Gasteiger partial charge in [-0.2, -0.15) is 0 Å². The van der Waals surface area contributed by atoms with Gasteiger partial charge in [-0.25, -0.2) is 0 Å². The van der Waals surface area contributed by atoms with Crippen molar-refractivity contribution in [2.24, 2.45) is 17.3 Å². The number of ether oxygens (including phenoxy) is 1. The minimum atomic E-state index is -0.00530. The van der Waals surface area contributed by atoms with Crippen LogP contribution in [0.2, 0.25) is 0 Å². The first-order chi connectivity index (χ1) is 6.07. The molecular formula is C11H16O2. The van der Waals surface area contributed by atoms with Crippen molar-refractivity contribution in [1.29, 1.82) is 0 Å². The maximum Gasteiger partial charge on any atom is 0.293 e. The van der Waals surface area contributed by atoms with Crippen LogP contribution in [0.4, 0.5) is 0 Å². The molecule has 3 saturated carbocycles. The summed E-state index contributed by atoms with van der Waals surface area (Å²) >= 11 is 0. The zero-order valence-electron chi connectivity index (χ0n) is 8.25.